The van der Waals surface area contributed by atoms with Crippen LogP contribution in [-0.4, -0.2) is 61.0 Å². The topological polar surface area (TPSA) is 44.7 Å². The molecule has 0 spiro atoms. The second kappa shape index (κ2) is 6.14. The van der Waals surface area contributed by atoms with Crippen molar-refractivity contribution in [2.75, 3.05) is 32.8 Å². The van der Waals surface area contributed by atoms with Gasteiger partial charge in [-0.15, -0.1) is 0 Å². The first kappa shape index (κ1) is 13.3. The number of nitrogens with zero attached hydrogens (tertiary/aromatic N) is 1. The first-order valence-corrected chi connectivity index (χ1v) is 6.90. The van der Waals surface area contributed by atoms with Gasteiger partial charge in [0, 0.05) is 25.2 Å². The highest BCUT2D eigenvalue weighted by Gasteiger charge is 2.28. The lowest BCUT2D eigenvalue weighted by molar-refractivity contribution is 0.00349. The van der Waals surface area contributed by atoms with E-state index in [1.165, 1.54) is 0 Å². The maximum absolute atomic E-state index is 9.92. The van der Waals surface area contributed by atoms with E-state index in [1.54, 1.807) is 0 Å². The molecule has 2 saturated heterocycles. The van der Waals surface area contributed by atoms with Gasteiger partial charge in [-0.1, -0.05) is 6.92 Å². The number of aliphatic hydroxyl groups excluding tert-OH is 1. The predicted octanol–water partition coefficient (Wildman–Crippen LogP) is 0.456. The van der Waals surface area contributed by atoms with E-state index in [-0.39, 0.29) is 6.10 Å². The van der Waals surface area contributed by atoms with Crippen LogP contribution >= 0.6 is 0 Å². The van der Waals surface area contributed by atoms with Crippen molar-refractivity contribution >= 4 is 0 Å². The number of hydrogen-bond donors (Lipinski definition) is 2. The SMILES string of the molecule is CC1CCN(C(C)CC2COCCN2)CC1O. The smallest absolute Gasteiger partial charge is 0.0693 e. The van der Waals surface area contributed by atoms with Crippen LogP contribution in [0.5, 0.6) is 0 Å². The normalized spacial score (nSPS) is 37.9. The Balaban J connectivity index is 1.77. The molecule has 0 saturated carbocycles. The molecule has 2 heterocycles. The molecule has 100 valence electrons. The summed E-state index contributed by atoms with van der Waals surface area (Å²) < 4.78 is 5.48. The zero-order valence-electron chi connectivity index (χ0n) is 11.1. The molecule has 17 heavy (non-hydrogen) atoms. The molecule has 2 aliphatic heterocycles. The summed E-state index contributed by atoms with van der Waals surface area (Å²) in [4.78, 5) is 2.42. The summed E-state index contributed by atoms with van der Waals surface area (Å²) in [6.07, 6.45) is 2.07. The lowest BCUT2D eigenvalue weighted by atomic mass is 9.94. The molecule has 0 bridgehead atoms. The van der Waals surface area contributed by atoms with Crippen LogP contribution in [0.15, 0.2) is 0 Å². The Morgan fingerprint density at radius 3 is 3.00 bits per heavy atom. The van der Waals surface area contributed by atoms with Gasteiger partial charge in [-0.05, 0) is 32.2 Å². The average molecular weight is 242 g/mol. The Morgan fingerprint density at radius 1 is 1.53 bits per heavy atom. The van der Waals surface area contributed by atoms with Crippen LogP contribution in [0.4, 0.5) is 0 Å². The minimum absolute atomic E-state index is 0.151. The van der Waals surface area contributed by atoms with Crippen molar-refractivity contribution in [3.8, 4) is 0 Å². The molecule has 4 heteroatoms. The molecule has 0 amide bonds. The van der Waals surface area contributed by atoms with Crippen LogP contribution in [0.1, 0.15) is 26.7 Å². The fourth-order valence-corrected chi connectivity index (χ4v) is 2.81. The van der Waals surface area contributed by atoms with Crippen molar-refractivity contribution in [2.45, 2.75) is 44.9 Å². The first-order chi connectivity index (χ1) is 8.16. The highest BCUT2D eigenvalue weighted by Crippen LogP contribution is 2.20. The molecule has 0 aliphatic carbocycles. The molecule has 0 radical (unpaired) electrons. The molecule has 2 rings (SSSR count). The minimum atomic E-state index is -0.151. The molecule has 2 fully saturated rings. The molecular weight excluding hydrogens is 216 g/mol. The molecule has 2 aliphatic rings. The number of nitrogens with one attached hydrogen (secondary N) is 1. The minimum Gasteiger partial charge on any atom is -0.392 e. The van der Waals surface area contributed by atoms with Crippen LogP contribution in [-0.2, 0) is 4.74 Å². The van der Waals surface area contributed by atoms with E-state index in [9.17, 15) is 5.11 Å². The summed E-state index contributed by atoms with van der Waals surface area (Å²) >= 11 is 0. The molecule has 0 aromatic heterocycles. The maximum atomic E-state index is 9.92. The number of β-amino-alcohol motifs (C(OH)–C–C–N with tert-alkyl or cyclic N) is 1. The van der Waals surface area contributed by atoms with E-state index in [2.05, 4.69) is 24.1 Å². The summed E-state index contributed by atoms with van der Waals surface area (Å²) in [5, 5.41) is 13.4. The molecule has 4 nitrogen and oxygen atoms in total. The largest absolute Gasteiger partial charge is 0.392 e. The number of hydrogen-bond acceptors (Lipinski definition) is 4. The number of morpholine rings is 1. The number of likely N-dealkylation sites (tertiary alicyclic amines) is 1. The van der Waals surface area contributed by atoms with E-state index in [4.69, 9.17) is 4.74 Å². The van der Waals surface area contributed by atoms with Gasteiger partial charge in [0.25, 0.3) is 0 Å². The molecule has 4 unspecified atom stereocenters. The van der Waals surface area contributed by atoms with Gasteiger partial charge in [0.15, 0.2) is 0 Å². The Hall–Kier alpha value is -0.160. The van der Waals surface area contributed by atoms with Gasteiger partial charge in [-0.25, -0.2) is 0 Å². The van der Waals surface area contributed by atoms with Crippen molar-refractivity contribution in [2.24, 2.45) is 5.92 Å². The zero-order chi connectivity index (χ0) is 12.3. The van der Waals surface area contributed by atoms with Crippen LogP contribution in [0.25, 0.3) is 0 Å². The Bertz CT molecular complexity index is 231. The fraction of sp³-hybridized carbons (Fsp3) is 1.00. The molecule has 4 atom stereocenters. The Morgan fingerprint density at radius 2 is 2.35 bits per heavy atom. The van der Waals surface area contributed by atoms with E-state index in [1.807, 2.05) is 0 Å². The Labute approximate surface area is 104 Å². The molecule has 2 N–H and O–H groups in total. The van der Waals surface area contributed by atoms with Crippen LogP contribution in [0, 0.1) is 5.92 Å². The third-order valence-corrected chi connectivity index (χ3v) is 4.20. The van der Waals surface area contributed by atoms with Crippen molar-refractivity contribution < 1.29 is 9.84 Å². The number of rotatable bonds is 3. The second-order valence-corrected chi connectivity index (χ2v) is 5.64. The second-order valence-electron chi connectivity index (χ2n) is 5.64. The number of ether oxygens (including phenoxy) is 1. The highest BCUT2D eigenvalue weighted by atomic mass is 16.5. The average Bonchev–Trinajstić information content (AvgIpc) is 2.34. The van der Waals surface area contributed by atoms with Crippen LogP contribution in [0.2, 0.25) is 0 Å². The number of aliphatic hydroxyl groups is 1. The zero-order valence-corrected chi connectivity index (χ0v) is 11.1. The van der Waals surface area contributed by atoms with Gasteiger partial charge in [0.2, 0.25) is 0 Å². The van der Waals surface area contributed by atoms with Crippen molar-refractivity contribution in [1.29, 1.82) is 0 Å². The van der Waals surface area contributed by atoms with Gasteiger partial charge in [-0.2, -0.15) is 0 Å². The van der Waals surface area contributed by atoms with Crippen LogP contribution < -0.4 is 5.32 Å². The summed E-state index contributed by atoms with van der Waals surface area (Å²) in [5.74, 6) is 0.453. The predicted molar refractivity (Wildman–Crippen MR) is 68.0 cm³/mol. The van der Waals surface area contributed by atoms with E-state index < -0.39 is 0 Å². The maximum Gasteiger partial charge on any atom is 0.0693 e. The van der Waals surface area contributed by atoms with Gasteiger partial charge in [-0.3, -0.25) is 4.90 Å². The van der Waals surface area contributed by atoms with Gasteiger partial charge in [0.05, 0.1) is 19.3 Å². The van der Waals surface area contributed by atoms with E-state index >= 15 is 0 Å². The lowest BCUT2D eigenvalue weighted by Gasteiger charge is -2.39. The lowest BCUT2D eigenvalue weighted by Crippen LogP contribution is -2.50. The summed E-state index contributed by atoms with van der Waals surface area (Å²) in [6.45, 7) is 8.99. The highest BCUT2D eigenvalue weighted by molar-refractivity contribution is 4.83. The fourth-order valence-electron chi connectivity index (χ4n) is 2.81. The first-order valence-electron chi connectivity index (χ1n) is 6.90. The van der Waals surface area contributed by atoms with E-state index in [0.717, 1.165) is 45.7 Å². The standard InChI is InChI=1S/C13H26N2O2/c1-10-3-5-15(8-13(10)16)11(2)7-12-9-17-6-4-14-12/h10-14,16H,3-9H2,1-2H3. The third-order valence-electron chi connectivity index (χ3n) is 4.20. The van der Waals surface area contributed by atoms with Gasteiger partial charge < -0.3 is 15.2 Å². The molecular formula is C13H26N2O2. The summed E-state index contributed by atoms with van der Waals surface area (Å²) in [7, 11) is 0. The van der Waals surface area contributed by atoms with Crippen molar-refractivity contribution in [1.82, 2.24) is 10.2 Å². The number of piperidine rings is 1. The Kier molecular flexibility index (Phi) is 4.79. The third kappa shape index (κ3) is 3.65. The van der Waals surface area contributed by atoms with Gasteiger partial charge >= 0.3 is 0 Å². The van der Waals surface area contributed by atoms with Crippen molar-refractivity contribution in [3.63, 3.8) is 0 Å². The quantitative estimate of drug-likeness (QED) is 0.754. The van der Waals surface area contributed by atoms with Crippen LogP contribution in [0.3, 0.4) is 0 Å². The van der Waals surface area contributed by atoms with Gasteiger partial charge in [0.1, 0.15) is 0 Å². The van der Waals surface area contributed by atoms with Crippen molar-refractivity contribution in [3.05, 3.63) is 0 Å². The monoisotopic (exact) mass is 242 g/mol. The summed E-state index contributed by atoms with van der Waals surface area (Å²) in [5.41, 5.74) is 0. The summed E-state index contributed by atoms with van der Waals surface area (Å²) in [6, 6.07) is 1.01. The molecule has 0 aromatic carbocycles. The molecule has 0 aromatic rings. The van der Waals surface area contributed by atoms with E-state index in [0.29, 0.717) is 18.0 Å².